The number of hydrogen-bond donors (Lipinski definition) is 1. The van der Waals surface area contributed by atoms with E-state index >= 15 is 0 Å². The molecule has 1 aliphatic heterocycles. The van der Waals surface area contributed by atoms with Gasteiger partial charge in [0.2, 0.25) is 5.91 Å². The van der Waals surface area contributed by atoms with Gasteiger partial charge in [0.15, 0.2) is 0 Å². The lowest BCUT2D eigenvalue weighted by atomic mass is 9.99. The van der Waals surface area contributed by atoms with E-state index in [1.807, 2.05) is 38.1 Å². The summed E-state index contributed by atoms with van der Waals surface area (Å²) in [6.07, 6.45) is 0.727. The van der Waals surface area contributed by atoms with Gasteiger partial charge in [0, 0.05) is 0 Å². The van der Waals surface area contributed by atoms with E-state index in [9.17, 15) is 9.59 Å². The van der Waals surface area contributed by atoms with Gasteiger partial charge >= 0.3 is 5.97 Å². The van der Waals surface area contributed by atoms with Crippen molar-refractivity contribution in [2.45, 2.75) is 40.2 Å². The fourth-order valence-electron chi connectivity index (χ4n) is 2.62. The lowest BCUT2D eigenvalue weighted by molar-refractivity contribution is -0.144. The third-order valence-electron chi connectivity index (χ3n) is 3.66. The van der Waals surface area contributed by atoms with Crippen molar-refractivity contribution < 1.29 is 14.3 Å². The number of carbonyl (C=O) groups excluding carboxylic acids is 2. The van der Waals surface area contributed by atoms with Crippen LogP contribution in [0, 0.1) is 11.8 Å². The summed E-state index contributed by atoms with van der Waals surface area (Å²) in [6, 6.07) is 7.26. The number of benzene rings is 1. The Bertz CT molecular complexity index is 569. The molecule has 0 aliphatic carbocycles. The Hall–Kier alpha value is -2.04. The number of ether oxygens (including phenoxy) is 1. The molecule has 0 bridgehead atoms. The molecular weight excluding hydrogens is 292 g/mol. The molecule has 0 aromatic heterocycles. The highest BCUT2D eigenvalue weighted by Crippen LogP contribution is 2.32. The first-order valence-electron chi connectivity index (χ1n) is 8.21. The fourth-order valence-corrected chi connectivity index (χ4v) is 2.62. The van der Waals surface area contributed by atoms with Crippen LogP contribution in [0.4, 0.5) is 11.4 Å². The van der Waals surface area contributed by atoms with E-state index in [1.165, 1.54) is 0 Å². The van der Waals surface area contributed by atoms with Crippen molar-refractivity contribution in [3.8, 4) is 0 Å². The zero-order chi connectivity index (χ0) is 17.0. The zero-order valence-electron chi connectivity index (χ0n) is 14.3. The molecule has 5 heteroatoms. The van der Waals surface area contributed by atoms with E-state index < -0.39 is 0 Å². The Morgan fingerprint density at radius 3 is 2.57 bits per heavy atom. The molecule has 1 unspecified atom stereocenters. The van der Waals surface area contributed by atoms with Gasteiger partial charge in [0.05, 0.1) is 18.0 Å². The van der Waals surface area contributed by atoms with Gasteiger partial charge in [-0.2, -0.15) is 0 Å². The van der Waals surface area contributed by atoms with Gasteiger partial charge in [-0.25, -0.2) is 0 Å². The molecule has 0 spiro atoms. The minimum atomic E-state index is -0.368. The van der Waals surface area contributed by atoms with Crippen molar-refractivity contribution >= 4 is 23.3 Å². The second-order valence-electron chi connectivity index (χ2n) is 6.84. The Morgan fingerprint density at radius 1 is 1.22 bits per heavy atom. The molecule has 0 saturated heterocycles. The molecule has 1 amide bonds. The van der Waals surface area contributed by atoms with E-state index in [1.54, 1.807) is 4.90 Å². The summed E-state index contributed by atoms with van der Waals surface area (Å²) in [5.41, 5.74) is 1.62. The normalized spacial score (nSPS) is 17.2. The maximum Gasteiger partial charge on any atom is 0.326 e. The van der Waals surface area contributed by atoms with Gasteiger partial charge in [-0.05, 0) is 30.4 Å². The molecular formula is C18H26N2O3. The summed E-state index contributed by atoms with van der Waals surface area (Å²) >= 11 is 0. The van der Waals surface area contributed by atoms with Crippen molar-refractivity contribution in [3.63, 3.8) is 0 Å². The van der Waals surface area contributed by atoms with Crippen LogP contribution in [-0.4, -0.2) is 31.1 Å². The molecule has 1 aromatic carbocycles. The van der Waals surface area contributed by atoms with Gasteiger partial charge in [-0.3, -0.25) is 14.5 Å². The SMILES string of the molecule is CC(C)COC(=O)CN1C(=O)C(CC(C)C)Nc2ccccc21. The first-order valence-corrected chi connectivity index (χ1v) is 8.21. The van der Waals surface area contributed by atoms with Crippen LogP contribution >= 0.6 is 0 Å². The highest BCUT2D eigenvalue weighted by molar-refractivity contribution is 6.07. The average Bonchev–Trinajstić information content (AvgIpc) is 2.49. The topological polar surface area (TPSA) is 58.6 Å². The summed E-state index contributed by atoms with van der Waals surface area (Å²) < 4.78 is 5.23. The number of esters is 1. The van der Waals surface area contributed by atoms with Crippen molar-refractivity contribution in [1.29, 1.82) is 0 Å². The molecule has 0 saturated carbocycles. The van der Waals surface area contributed by atoms with E-state index in [2.05, 4.69) is 19.2 Å². The minimum absolute atomic E-state index is 0.0428. The Labute approximate surface area is 138 Å². The van der Waals surface area contributed by atoms with E-state index in [4.69, 9.17) is 4.74 Å². The van der Waals surface area contributed by atoms with Crippen molar-refractivity contribution in [1.82, 2.24) is 0 Å². The monoisotopic (exact) mass is 318 g/mol. The quantitative estimate of drug-likeness (QED) is 0.819. The van der Waals surface area contributed by atoms with E-state index in [-0.39, 0.29) is 30.4 Å². The molecule has 5 nitrogen and oxygen atoms in total. The van der Waals surface area contributed by atoms with E-state index in [0.717, 1.165) is 17.8 Å². The summed E-state index contributed by atoms with van der Waals surface area (Å²) in [6.45, 7) is 8.46. The average molecular weight is 318 g/mol. The first-order chi connectivity index (χ1) is 10.9. The number of nitrogens with zero attached hydrogens (tertiary/aromatic N) is 1. The van der Waals surface area contributed by atoms with Crippen molar-refractivity contribution in [2.75, 3.05) is 23.4 Å². The molecule has 1 aliphatic rings. The van der Waals surface area contributed by atoms with Gasteiger partial charge < -0.3 is 10.1 Å². The number of hydrogen-bond acceptors (Lipinski definition) is 4. The van der Waals surface area contributed by atoms with Gasteiger partial charge in [0.25, 0.3) is 0 Å². The molecule has 1 aromatic rings. The summed E-state index contributed by atoms with van der Waals surface area (Å²) in [4.78, 5) is 26.4. The molecule has 126 valence electrons. The van der Waals surface area contributed by atoms with E-state index in [0.29, 0.717) is 12.5 Å². The number of fused-ring (bicyclic) bond motifs is 1. The van der Waals surface area contributed by atoms with Crippen molar-refractivity contribution in [3.05, 3.63) is 24.3 Å². The second-order valence-corrected chi connectivity index (χ2v) is 6.84. The van der Waals surface area contributed by atoms with Crippen molar-refractivity contribution in [2.24, 2.45) is 11.8 Å². The Kier molecular flexibility index (Phi) is 5.64. The number of anilines is 2. The molecule has 0 fully saturated rings. The first kappa shape index (κ1) is 17.3. The van der Waals surface area contributed by atoms with Crippen LogP contribution in [0.5, 0.6) is 0 Å². The zero-order valence-corrected chi connectivity index (χ0v) is 14.3. The van der Waals surface area contributed by atoms with Crippen LogP contribution in [-0.2, 0) is 14.3 Å². The van der Waals surface area contributed by atoms with Crippen LogP contribution in [0.3, 0.4) is 0 Å². The third-order valence-corrected chi connectivity index (χ3v) is 3.66. The van der Waals surface area contributed by atoms with Crippen LogP contribution in [0.1, 0.15) is 34.1 Å². The van der Waals surface area contributed by atoms with Gasteiger partial charge in [-0.1, -0.05) is 39.8 Å². The number of nitrogens with one attached hydrogen (secondary N) is 1. The summed E-state index contributed by atoms with van der Waals surface area (Å²) in [7, 11) is 0. The number of rotatable bonds is 6. The van der Waals surface area contributed by atoms with Gasteiger partial charge in [-0.15, -0.1) is 0 Å². The fraction of sp³-hybridized carbons (Fsp3) is 0.556. The van der Waals surface area contributed by atoms with Crippen LogP contribution < -0.4 is 10.2 Å². The maximum absolute atomic E-state index is 12.8. The van der Waals surface area contributed by atoms with Crippen LogP contribution in [0.15, 0.2) is 24.3 Å². The highest BCUT2D eigenvalue weighted by atomic mass is 16.5. The summed E-state index contributed by atoms with van der Waals surface area (Å²) in [5, 5.41) is 3.29. The maximum atomic E-state index is 12.8. The standard InChI is InChI=1S/C18H26N2O3/c1-12(2)9-15-18(22)20(10-17(21)23-11-13(3)4)16-8-6-5-7-14(16)19-15/h5-8,12-13,15,19H,9-11H2,1-4H3. The summed E-state index contributed by atoms with van der Waals surface area (Å²) in [5.74, 6) is 0.223. The van der Waals surface area contributed by atoms with Crippen LogP contribution in [0.25, 0.3) is 0 Å². The highest BCUT2D eigenvalue weighted by Gasteiger charge is 2.33. The number of amides is 1. The lowest BCUT2D eigenvalue weighted by Crippen LogP contribution is -2.49. The largest absolute Gasteiger partial charge is 0.464 e. The van der Waals surface area contributed by atoms with Crippen LogP contribution in [0.2, 0.25) is 0 Å². The lowest BCUT2D eigenvalue weighted by Gasteiger charge is -2.35. The molecule has 1 heterocycles. The second kappa shape index (κ2) is 7.49. The van der Waals surface area contributed by atoms with Gasteiger partial charge in [0.1, 0.15) is 12.6 Å². The Balaban J connectivity index is 2.17. The smallest absolute Gasteiger partial charge is 0.326 e. The molecule has 0 radical (unpaired) electrons. The molecule has 1 atom stereocenters. The molecule has 1 N–H and O–H groups in total. The number of carbonyl (C=O) groups is 2. The molecule has 23 heavy (non-hydrogen) atoms. The minimum Gasteiger partial charge on any atom is -0.464 e. The predicted molar refractivity (Wildman–Crippen MR) is 91.5 cm³/mol. The number of para-hydroxylation sites is 2. The Morgan fingerprint density at radius 2 is 1.91 bits per heavy atom. The molecule has 2 rings (SSSR count). The third kappa shape index (κ3) is 4.47. The predicted octanol–water partition coefficient (Wildman–Crippen LogP) is 3.06.